The summed E-state index contributed by atoms with van der Waals surface area (Å²) in [5, 5.41) is 16.3. The molecule has 0 aliphatic carbocycles. The molecule has 0 radical (unpaired) electrons. The number of aromatic nitrogens is 1. The minimum Gasteiger partial charge on any atom is -0.386 e. The van der Waals surface area contributed by atoms with Crippen LogP contribution in [-0.4, -0.2) is 22.9 Å². The van der Waals surface area contributed by atoms with Gasteiger partial charge in [0.25, 0.3) is 11.6 Å². The van der Waals surface area contributed by atoms with E-state index in [4.69, 9.17) is 0 Å². The Morgan fingerprint density at radius 2 is 1.90 bits per heavy atom. The molecule has 1 amide bonds. The van der Waals surface area contributed by atoms with Gasteiger partial charge in [-0.3, -0.25) is 19.9 Å². The third kappa shape index (κ3) is 2.89. The molecule has 0 atom stereocenters. The van der Waals surface area contributed by atoms with Gasteiger partial charge in [-0.25, -0.2) is 0 Å². The lowest BCUT2D eigenvalue weighted by molar-refractivity contribution is -0.384. The zero-order valence-electron chi connectivity index (χ0n) is 10.7. The van der Waals surface area contributed by atoms with Crippen molar-refractivity contribution in [2.45, 2.75) is 0 Å². The third-order valence-corrected chi connectivity index (χ3v) is 2.67. The fraction of sp³-hybridized carbons (Fsp3) is 0.0769. The van der Waals surface area contributed by atoms with Gasteiger partial charge in [-0.15, -0.1) is 0 Å². The van der Waals surface area contributed by atoms with Gasteiger partial charge in [-0.1, -0.05) is 0 Å². The molecule has 1 aromatic heterocycles. The number of rotatable bonds is 4. The quantitative estimate of drug-likeness (QED) is 0.657. The van der Waals surface area contributed by atoms with Gasteiger partial charge in [0.05, 0.1) is 16.3 Å². The second-order valence-electron chi connectivity index (χ2n) is 3.93. The van der Waals surface area contributed by atoms with Crippen molar-refractivity contribution in [2.24, 2.45) is 0 Å². The summed E-state index contributed by atoms with van der Waals surface area (Å²) in [5.41, 5.74) is 1.28. The molecule has 0 spiro atoms. The topological polar surface area (TPSA) is 97.2 Å². The summed E-state index contributed by atoms with van der Waals surface area (Å²) < 4.78 is 0. The highest BCUT2D eigenvalue weighted by atomic mass is 16.6. The molecule has 102 valence electrons. The van der Waals surface area contributed by atoms with E-state index in [0.717, 1.165) is 0 Å². The Bertz CT molecular complexity index is 643. The summed E-state index contributed by atoms with van der Waals surface area (Å²) in [4.78, 5) is 26.1. The van der Waals surface area contributed by atoms with Crippen LogP contribution in [-0.2, 0) is 0 Å². The maximum Gasteiger partial charge on any atom is 0.271 e. The number of carbonyl (C=O) groups is 1. The van der Waals surface area contributed by atoms with Gasteiger partial charge < -0.3 is 10.6 Å². The monoisotopic (exact) mass is 272 g/mol. The Morgan fingerprint density at radius 3 is 2.50 bits per heavy atom. The molecule has 0 unspecified atom stereocenters. The first kappa shape index (κ1) is 13.5. The van der Waals surface area contributed by atoms with Crippen molar-refractivity contribution in [1.82, 2.24) is 4.98 Å². The Kier molecular flexibility index (Phi) is 3.90. The lowest BCUT2D eigenvalue weighted by Gasteiger charge is -2.10. The van der Waals surface area contributed by atoms with E-state index in [1.54, 1.807) is 25.2 Å². The van der Waals surface area contributed by atoms with Crippen molar-refractivity contribution >= 4 is 23.0 Å². The summed E-state index contributed by atoms with van der Waals surface area (Å²) in [5.74, 6) is -0.357. The normalized spacial score (nSPS) is 9.85. The fourth-order valence-electron chi connectivity index (χ4n) is 1.66. The first-order valence-electron chi connectivity index (χ1n) is 5.79. The molecule has 2 rings (SSSR count). The van der Waals surface area contributed by atoms with E-state index >= 15 is 0 Å². The maximum absolute atomic E-state index is 12.0. The van der Waals surface area contributed by atoms with Crippen LogP contribution in [0.5, 0.6) is 0 Å². The second-order valence-corrected chi connectivity index (χ2v) is 3.93. The highest BCUT2D eigenvalue weighted by molar-refractivity contribution is 6.06. The predicted octanol–water partition coefficient (Wildman–Crippen LogP) is 2.28. The minimum absolute atomic E-state index is 0.0889. The zero-order chi connectivity index (χ0) is 14.5. The number of pyridine rings is 1. The zero-order valence-corrected chi connectivity index (χ0v) is 10.7. The van der Waals surface area contributed by atoms with Crippen LogP contribution in [0.1, 0.15) is 10.4 Å². The van der Waals surface area contributed by atoms with E-state index in [2.05, 4.69) is 15.6 Å². The molecule has 2 N–H and O–H groups in total. The number of hydrogen-bond acceptors (Lipinski definition) is 5. The SMILES string of the molecule is CNc1ccc([N+](=O)[O-])cc1NC(=O)c1ccncc1. The first-order chi connectivity index (χ1) is 9.61. The summed E-state index contributed by atoms with van der Waals surface area (Å²) in [6.07, 6.45) is 3.00. The van der Waals surface area contributed by atoms with Crippen LogP contribution in [0.2, 0.25) is 0 Å². The van der Waals surface area contributed by atoms with E-state index in [-0.39, 0.29) is 11.6 Å². The number of benzene rings is 1. The van der Waals surface area contributed by atoms with Crippen LogP contribution in [0, 0.1) is 10.1 Å². The van der Waals surface area contributed by atoms with Crippen LogP contribution < -0.4 is 10.6 Å². The van der Waals surface area contributed by atoms with E-state index in [0.29, 0.717) is 16.9 Å². The van der Waals surface area contributed by atoms with Crippen LogP contribution in [0.3, 0.4) is 0 Å². The van der Waals surface area contributed by atoms with Gasteiger partial charge in [0.15, 0.2) is 0 Å². The Balaban J connectivity index is 2.30. The van der Waals surface area contributed by atoms with Crippen molar-refractivity contribution in [2.75, 3.05) is 17.7 Å². The van der Waals surface area contributed by atoms with Gasteiger partial charge in [0.1, 0.15) is 0 Å². The van der Waals surface area contributed by atoms with Gasteiger partial charge in [0.2, 0.25) is 0 Å². The molecule has 7 heteroatoms. The third-order valence-electron chi connectivity index (χ3n) is 2.67. The van der Waals surface area contributed by atoms with Crippen LogP contribution in [0.25, 0.3) is 0 Å². The molecular weight excluding hydrogens is 260 g/mol. The Morgan fingerprint density at radius 1 is 1.20 bits per heavy atom. The van der Waals surface area contributed by atoms with E-state index < -0.39 is 4.92 Å². The number of nitro benzene ring substituents is 1. The van der Waals surface area contributed by atoms with Crippen LogP contribution in [0.15, 0.2) is 42.7 Å². The fourth-order valence-corrected chi connectivity index (χ4v) is 1.66. The second kappa shape index (κ2) is 5.79. The van der Waals surface area contributed by atoms with E-state index in [1.807, 2.05) is 0 Å². The molecule has 0 bridgehead atoms. The molecule has 7 nitrogen and oxygen atoms in total. The smallest absolute Gasteiger partial charge is 0.271 e. The van der Waals surface area contributed by atoms with Gasteiger partial charge in [0, 0.05) is 37.1 Å². The molecule has 1 heterocycles. The van der Waals surface area contributed by atoms with Crippen molar-refractivity contribution in [1.29, 1.82) is 0 Å². The molecule has 1 aromatic carbocycles. The molecule has 0 saturated carbocycles. The number of hydrogen-bond donors (Lipinski definition) is 2. The van der Waals surface area contributed by atoms with Crippen molar-refractivity contribution < 1.29 is 9.72 Å². The highest BCUT2D eigenvalue weighted by Gasteiger charge is 2.13. The van der Waals surface area contributed by atoms with Crippen LogP contribution in [0.4, 0.5) is 17.1 Å². The number of nitrogens with zero attached hydrogens (tertiary/aromatic N) is 2. The number of nitrogens with one attached hydrogen (secondary N) is 2. The lowest BCUT2D eigenvalue weighted by atomic mass is 10.2. The van der Waals surface area contributed by atoms with E-state index in [1.165, 1.54) is 24.5 Å². The molecule has 2 aromatic rings. The molecule has 0 aliphatic heterocycles. The molecule has 0 fully saturated rings. The minimum atomic E-state index is -0.512. The highest BCUT2D eigenvalue weighted by Crippen LogP contribution is 2.27. The predicted molar refractivity (Wildman–Crippen MR) is 74.8 cm³/mol. The molecule has 20 heavy (non-hydrogen) atoms. The number of non-ortho nitro benzene ring substituents is 1. The van der Waals surface area contributed by atoms with Crippen molar-refractivity contribution in [3.8, 4) is 0 Å². The Hall–Kier alpha value is -2.96. The summed E-state index contributed by atoms with van der Waals surface area (Å²) in [6.45, 7) is 0. The standard InChI is InChI=1S/C13H12N4O3/c1-14-11-3-2-10(17(19)20)8-12(11)16-13(18)9-4-6-15-7-5-9/h2-8,14H,1H3,(H,16,18). The summed E-state index contributed by atoms with van der Waals surface area (Å²) in [6, 6.07) is 7.34. The number of carbonyl (C=O) groups excluding carboxylic acids is 1. The van der Waals surface area contributed by atoms with Crippen LogP contribution >= 0.6 is 0 Å². The molecule has 0 aliphatic rings. The largest absolute Gasteiger partial charge is 0.386 e. The van der Waals surface area contributed by atoms with Gasteiger partial charge in [-0.2, -0.15) is 0 Å². The van der Waals surface area contributed by atoms with Crippen molar-refractivity contribution in [3.63, 3.8) is 0 Å². The number of nitro groups is 1. The van der Waals surface area contributed by atoms with Gasteiger partial charge in [-0.05, 0) is 18.2 Å². The molecule has 0 saturated heterocycles. The maximum atomic E-state index is 12.0. The summed E-state index contributed by atoms with van der Waals surface area (Å²) in [7, 11) is 1.67. The summed E-state index contributed by atoms with van der Waals surface area (Å²) >= 11 is 0. The van der Waals surface area contributed by atoms with Gasteiger partial charge >= 0.3 is 0 Å². The molecular formula is C13H12N4O3. The number of anilines is 2. The average molecular weight is 272 g/mol. The lowest BCUT2D eigenvalue weighted by Crippen LogP contribution is -2.13. The average Bonchev–Trinajstić information content (AvgIpc) is 2.48. The first-order valence-corrected chi connectivity index (χ1v) is 5.79. The Labute approximate surface area is 114 Å². The van der Waals surface area contributed by atoms with Crippen molar-refractivity contribution in [3.05, 3.63) is 58.4 Å². The van der Waals surface area contributed by atoms with E-state index in [9.17, 15) is 14.9 Å². The number of amides is 1.